The molecule has 0 N–H and O–H groups in total. The van der Waals surface area contributed by atoms with Gasteiger partial charge in [0.2, 0.25) is 5.91 Å². The van der Waals surface area contributed by atoms with Crippen molar-refractivity contribution in [3.63, 3.8) is 0 Å². The lowest BCUT2D eigenvalue weighted by Gasteiger charge is -2.39. The monoisotopic (exact) mass is 258 g/mol. The van der Waals surface area contributed by atoms with E-state index < -0.39 is 0 Å². The molecular weight excluding hydrogens is 240 g/mol. The number of piperazine rings is 1. The minimum absolute atomic E-state index is 0.303. The molecule has 2 fully saturated rings. The van der Waals surface area contributed by atoms with Crippen LogP contribution >= 0.6 is 0 Å². The normalized spacial score (nSPS) is 22.6. The lowest BCUT2D eigenvalue weighted by atomic mass is 10.1. The first kappa shape index (κ1) is 12.2. The van der Waals surface area contributed by atoms with Gasteiger partial charge in [0.1, 0.15) is 6.29 Å². The number of fused-ring (bicyclic) bond motifs is 1. The lowest BCUT2D eigenvalue weighted by molar-refractivity contribution is -0.129. The second kappa shape index (κ2) is 4.68. The molecule has 1 aromatic carbocycles. The van der Waals surface area contributed by atoms with E-state index in [2.05, 4.69) is 4.90 Å². The molecule has 0 aliphatic carbocycles. The number of anilines is 1. The number of aryl methyl sites for hydroxylation is 1. The van der Waals surface area contributed by atoms with Crippen molar-refractivity contribution in [3.8, 4) is 0 Å². The molecule has 2 heterocycles. The number of rotatable bonds is 2. The summed E-state index contributed by atoms with van der Waals surface area (Å²) < 4.78 is 0. The van der Waals surface area contributed by atoms with Crippen LogP contribution in [0.3, 0.4) is 0 Å². The Morgan fingerprint density at radius 1 is 1.32 bits per heavy atom. The Morgan fingerprint density at radius 3 is 2.89 bits per heavy atom. The van der Waals surface area contributed by atoms with Crippen molar-refractivity contribution in [2.75, 3.05) is 24.5 Å². The van der Waals surface area contributed by atoms with Gasteiger partial charge in [-0.15, -0.1) is 0 Å². The maximum Gasteiger partial charge on any atom is 0.223 e. The zero-order valence-corrected chi connectivity index (χ0v) is 11.1. The van der Waals surface area contributed by atoms with E-state index in [-0.39, 0.29) is 0 Å². The van der Waals surface area contributed by atoms with Gasteiger partial charge < -0.3 is 9.80 Å². The van der Waals surface area contributed by atoms with Gasteiger partial charge in [-0.3, -0.25) is 9.59 Å². The van der Waals surface area contributed by atoms with Crippen LogP contribution in [-0.2, 0) is 4.79 Å². The van der Waals surface area contributed by atoms with Gasteiger partial charge in [-0.25, -0.2) is 0 Å². The second-order valence-corrected chi connectivity index (χ2v) is 5.39. The Hall–Kier alpha value is -1.84. The quantitative estimate of drug-likeness (QED) is 0.757. The zero-order chi connectivity index (χ0) is 13.4. The first-order valence-electron chi connectivity index (χ1n) is 6.79. The van der Waals surface area contributed by atoms with Crippen LogP contribution < -0.4 is 4.90 Å². The van der Waals surface area contributed by atoms with Gasteiger partial charge in [0.05, 0.1) is 0 Å². The molecule has 19 heavy (non-hydrogen) atoms. The van der Waals surface area contributed by atoms with Crippen LogP contribution in [-0.4, -0.2) is 42.8 Å². The van der Waals surface area contributed by atoms with E-state index >= 15 is 0 Å². The van der Waals surface area contributed by atoms with Crippen LogP contribution in [0.5, 0.6) is 0 Å². The maximum atomic E-state index is 11.7. The van der Waals surface area contributed by atoms with Crippen LogP contribution in [0.25, 0.3) is 0 Å². The molecule has 0 bridgehead atoms. The van der Waals surface area contributed by atoms with Crippen molar-refractivity contribution in [2.45, 2.75) is 25.8 Å². The Kier molecular flexibility index (Phi) is 3.01. The molecule has 2 aliphatic rings. The summed E-state index contributed by atoms with van der Waals surface area (Å²) in [7, 11) is 0. The van der Waals surface area contributed by atoms with E-state index in [0.29, 0.717) is 18.4 Å². The third-order valence-corrected chi connectivity index (χ3v) is 4.19. The second-order valence-electron chi connectivity index (χ2n) is 5.39. The van der Waals surface area contributed by atoms with Crippen LogP contribution in [0.2, 0.25) is 0 Å². The van der Waals surface area contributed by atoms with Crippen molar-refractivity contribution in [1.29, 1.82) is 0 Å². The first-order valence-corrected chi connectivity index (χ1v) is 6.79. The number of benzene rings is 1. The number of carbonyl (C=O) groups is 2. The van der Waals surface area contributed by atoms with Crippen LogP contribution in [0.15, 0.2) is 18.2 Å². The number of carbonyl (C=O) groups excluding carboxylic acids is 2. The van der Waals surface area contributed by atoms with Crippen LogP contribution in [0, 0.1) is 6.92 Å². The molecule has 1 unspecified atom stereocenters. The van der Waals surface area contributed by atoms with E-state index in [1.807, 2.05) is 30.0 Å². The molecule has 1 aromatic rings. The van der Waals surface area contributed by atoms with Gasteiger partial charge in [-0.2, -0.15) is 0 Å². The minimum Gasteiger partial charge on any atom is -0.367 e. The summed E-state index contributed by atoms with van der Waals surface area (Å²) in [5, 5.41) is 0. The Bertz CT molecular complexity index is 527. The average Bonchev–Trinajstić information content (AvgIpc) is 2.79. The summed E-state index contributed by atoms with van der Waals surface area (Å²) in [6, 6.07) is 6.17. The SMILES string of the molecule is Cc1cc(C=O)ccc1N1CCN2C(=O)CCC2C1. The number of hydrogen-bond acceptors (Lipinski definition) is 3. The highest BCUT2D eigenvalue weighted by Crippen LogP contribution is 2.28. The fourth-order valence-electron chi connectivity index (χ4n) is 3.19. The maximum absolute atomic E-state index is 11.7. The number of aldehydes is 1. The van der Waals surface area contributed by atoms with Gasteiger partial charge in [0.15, 0.2) is 0 Å². The smallest absolute Gasteiger partial charge is 0.223 e. The molecule has 2 saturated heterocycles. The van der Waals surface area contributed by atoms with Gasteiger partial charge in [-0.05, 0) is 37.1 Å². The molecule has 0 spiro atoms. The topological polar surface area (TPSA) is 40.6 Å². The highest BCUT2D eigenvalue weighted by molar-refractivity contribution is 5.79. The summed E-state index contributed by atoms with van der Waals surface area (Å²) in [5.41, 5.74) is 3.03. The third kappa shape index (κ3) is 2.11. The van der Waals surface area contributed by atoms with E-state index in [1.165, 1.54) is 5.69 Å². The van der Waals surface area contributed by atoms with Gasteiger partial charge in [0, 0.05) is 43.3 Å². The van der Waals surface area contributed by atoms with E-state index in [4.69, 9.17) is 0 Å². The van der Waals surface area contributed by atoms with Gasteiger partial charge >= 0.3 is 0 Å². The van der Waals surface area contributed by atoms with Crippen LogP contribution in [0.4, 0.5) is 5.69 Å². The summed E-state index contributed by atoms with van der Waals surface area (Å²) in [4.78, 5) is 26.8. The molecule has 4 heteroatoms. The molecule has 0 saturated carbocycles. The number of amides is 1. The van der Waals surface area contributed by atoms with Crippen molar-refractivity contribution in [3.05, 3.63) is 29.3 Å². The summed E-state index contributed by atoms with van der Waals surface area (Å²) >= 11 is 0. The van der Waals surface area contributed by atoms with Crippen molar-refractivity contribution >= 4 is 17.9 Å². The molecule has 0 radical (unpaired) electrons. The highest BCUT2D eigenvalue weighted by atomic mass is 16.2. The minimum atomic E-state index is 0.303. The molecule has 2 aliphatic heterocycles. The Morgan fingerprint density at radius 2 is 2.16 bits per heavy atom. The number of nitrogens with zero attached hydrogens (tertiary/aromatic N) is 2. The largest absolute Gasteiger partial charge is 0.367 e. The van der Waals surface area contributed by atoms with Crippen molar-refractivity contribution in [1.82, 2.24) is 4.90 Å². The van der Waals surface area contributed by atoms with Gasteiger partial charge in [0.25, 0.3) is 0 Å². The van der Waals surface area contributed by atoms with E-state index in [1.54, 1.807) is 0 Å². The lowest BCUT2D eigenvalue weighted by Crippen LogP contribution is -2.51. The summed E-state index contributed by atoms with van der Waals surface area (Å²) in [5.74, 6) is 0.303. The third-order valence-electron chi connectivity index (χ3n) is 4.19. The highest BCUT2D eigenvalue weighted by Gasteiger charge is 2.35. The molecule has 3 rings (SSSR count). The first-order chi connectivity index (χ1) is 9.19. The van der Waals surface area contributed by atoms with Crippen molar-refractivity contribution < 1.29 is 9.59 Å². The average molecular weight is 258 g/mol. The molecule has 1 atom stereocenters. The summed E-state index contributed by atoms with van der Waals surface area (Å²) in [6.07, 6.45) is 2.55. The van der Waals surface area contributed by atoms with Gasteiger partial charge in [-0.1, -0.05) is 0 Å². The fourth-order valence-corrected chi connectivity index (χ4v) is 3.19. The number of hydrogen-bond donors (Lipinski definition) is 0. The molecule has 1 amide bonds. The Labute approximate surface area is 113 Å². The van der Waals surface area contributed by atoms with E-state index in [0.717, 1.165) is 43.5 Å². The standard InChI is InChI=1S/C15H18N2O2/c1-11-8-12(10-18)2-4-14(11)16-6-7-17-13(9-16)3-5-15(17)19/h2,4,8,10,13H,3,5-7,9H2,1H3. The predicted molar refractivity (Wildman–Crippen MR) is 73.5 cm³/mol. The Balaban J connectivity index is 1.80. The predicted octanol–water partition coefficient (Wildman–Crippen LogP) is 1.62. The van der Waals surface area contributed by atoms with Crippen molar-refractivity contribution in [2.24, 2.45) is 0 Å². The molecule has 100 valence electrons. The zero-order valence-electron chi connectivity index (χ0n) is 11.1. The fraction of sp³-hybridized carbons (Fsp3) is 0.467. The van der Waals surface area contributed by atoms with Crippen LogP contribution in [0.1, 0.15) is 28.8 Å². The molecule has 0 aromatic heterocycles. The molecule has 4 nitrogen and oxygen atoms in total. The summed E-state index contributed by atoms with van der Waals surface area (Å²) in [6.45, 7) is 4.64. The van der Waals surface area contributed by atoms with E-state index in [9.17, 15) is 9.59 Å². The molecular formula is C15H18N2O2.